The lowest BCUT2D eigenvalue weighted by atomic mass is 10.3. The molecule has 110 valence electrons. The number of thioether (sulfide) groups is 1. The van der Waals surface area contributed by atoms with E-state index in [0.29, 0.717) is 4.90 Å². The molecule has 0 aliphatic rings. The Bertz CT molecular complexity index is 536. The van der Waals surface area contributed by atoms with Crippen molar-refractivity contribution in [2.24, 2.45) is 0 Å². The summed E-state index contributed by atoms with van der Waals surface area (Å²) < 4.78 is 21.7. The first-order chi connectivity index (χ1) is 9.29. The van der Waals surface area contributed by atoms with Gasteiger partial charge in [-0.05, 0) is 12.1 Å². The maximum absolute atomic E-state index is 11.2. The second-order valence-electron chi connectivity index (χ2n) is 3.34. The highest BCUT2D eigenvalue weighted by molar-refractivity contribution is 8.03. The highest BCUT2D eigenvalue weighted by atomic mass is 35.5. The number of alkyl halides is 4. The van der Waals surface area contributed by atoms with Crippen LogP contribution in [0.3, 0.4) is 0 Å². The minimum absolute atomic E-state index is 0.270. The fourth-order valence-electron chi connectivity index (χ4n) is 1.22. The van der Waals surface area contributed by atoms with E-state index in [1.807, 2.05) is 0 Å². The van der Waals surface area contributed by atoms with Crippen LogP contribution in [0.5, 0.6) is 0 Å². The molecule has 0 spiro atoms. The van der Waals surface area contributed by atoms with Crippen LogP contribution in [0, 0.1) is 11.3 Å². The molecule has 0 fully saturated rings. The summed E-state index contributed by atoms with van der Waals surface area (Å²) in [6, 6.07) is 8.19. The van der Waals surface area contributed by atoms with Crippen molar-refractivity contribution in [2.75, 3.05) is 10.8 Å². The Balaban J connectivity index is 3.17. The Morgan fingerprint density at radius 1 is 1.45 bits per heavy atom. The van der Waals surface area contributed by atoms with Gasteiger partial charge in [0.05, 0.1) is 11.8 Å². The van der Waals surface area contributed by atoms with Crippen molar-refractivity contribution in [3.63, 3.8) is 0 Å². The lowest BCUT2D eigenvalue weighted by Gasteiger charge is -2.28. The Morgan fingerprint density at radius 3 is 2.55 bits per heavy atom. The average molecular weight is 393 g/mol. The molecule has 1 rings (SSSR count). The minimum Gasteiger partial charge on any atom is -0.755 e. The topological polar surface area (TPSA) is 67.2 Å². The second kappa shape index (κ2) is 7.95. The van der Waals surface area contributed by atoms with Gasteiger partial charge < -0.3 is 4.55 Å². The molecule has 0 aliphatic carbocycles. The van der Waals surface area contributed by atoms with E-state index in [0.717, 1.165) is 16.1 Å². The van der Waals surface area contributed by atoms with Crippen LogP contribution in [0.15, 0.2) is 29.2 Å². The van der Waals surface area contributed by atoms with Gasteiger partial charge in [0.25, 0.3) is 0 Å². The molecule has 4 nitrogen and oxygen atoms in total. The van der Waals surface area contributed by atoms with Crippen molar-refractivity contribution in [3.8, 4) is 6.07 Å². The Morgan fingerprint density at radius 2 is 2.05 bits per heavy atom. The van der Waals surface area contributed by atoms with Gasteiger partial charge >= 0.3 is 0 Å². The summed E-state index contributed by atoms with van der Waals surface area (Å²) >= 11 is 21.6. The third kappa shape index (κ3) is 4.85. The van der Waals surface area contributed by atoms with E-state index in [4.69, 9.17) is 51.7 Å². The molecule has 1 aromatic rings. The number of halogens is 4. The number of benzene rings is 1. The molecule has 0 heterocycles. The average Bonchev–Trinajstić information content (AvgIpc) is 2.36. The van der Waals surface area contributed by atoms with E-state index in [1.54, 1.807) is 24.3 Å². The van der Waals surface area contributed by atoms with Crippen molar-refractivity contribution in [1.29, 1.82) is 5.26 Å². The van der Waals surface area contributed by atoms with Gasteiger partial charge in [0.2, 0.25) is 0 Å². The number of nitriles is 1. The van der Waals surface area contributed by atoms with Crippen LogP contribution < -0.4 is 4.31 Å². The standard InChI is InChI=1S/C10H8Cl4N2O2S2/c11-9(12)10(13,14)19-8-4-2-1-3-7(8)16(6-5-15)20(17)18/h1-4,9H,6H2,(H,17,18)/p-1. The fourth-order valence-corrected chi connectivity index (χ4v) is 3.34. The molecule has 0 aliphatic heterocycles. The molecule has 0 aromatic heterocycles. The molecule has 1 unspecified atom stereocenters. The zero-order valence-electron chi connectivity index (χ0n) is 9.63. The first-order valence-electron chi connectivity index (χ1n) is 4.97. The number of hydrogen-bond donors (Lipinski definition) is 0. The minimum atomic E-state index is -2.61. The number of rotatable bonds is 6. The first kappa shape index (κ1) is 18.2. The van der Waals surface area contributed by atoms with Crippen LogP contribution in [-0.2, 0) is 11.3 Å². The molecule has 1 aromatic carbocycles. The van der Waals surface area contributed by atoms with Gasteiger partial charge in [-0.25, -0.2) is 0 Å². The quantitative estimate of drug-likeness (QED) is 0.319. The van der Waals surface area contributed by atoms with Gasteiger partial charge in [-0.15, -0.1) is 23.2 Å². The number of nitrogens with zero attached hydrogens (tertiary/aromatic N) is 2. The van der Waals surface area contributed by atoms with Crippen molar-refractivity contribution in [1.82, 2.24) is 0 Å². The normalized spacial score (nSPS) is 13.1. The van der Waals surface area contributed by atoms with Gasteiger partial charge in [0, 0.05) is 16.2 Å². The summed E-state index contributed by atoms with van der Waals surface area (Å²) in [7, 11) is 0. The number of anilines is 1. The van der Waals surface area contributed by atoms with Crippen molar-refractivity contribution in [3.05, 3.63) is 24.3 Å². The number of hydrogen-bond acceptors (Lipinski definition) is 4. The van der Waals surface area contributed by atoms with Gasteiger partial charge in [-0.2, -0.15) is 5.26 Å². The SMILES string of the molecule is N#CCN(c1ccccc1SC(Cl)(Cl)C(Cl)Cl)S(=O)[O-]. The second-order valence-corrected chi connectivity index (χ2v) is 8.44. The summed E-state index contributed by atoms with van der Waals surface area (Å²) in [5.74, 6) is 0. The lowest BCUT2D eigenvalue weighted by molar-refractivity contribution is 0.534. The van der Waals surface area contributed by atoms with E-state index in [1.165, 1.54) is 6.07 Å². The monoisotopic (exact) mass is 391 g/mol. The van der Waals surface area contributed by atoms with Crippen molar-refractivity contribution in [2.45, 2.75) is 13.4 Å². The van der Waals surface area contributed by atoms with Crippen LogP contribution in [-0.4, -0.2) is 23.8 Å². The Kier molecular flexibility index (Phi) is 7.22. The molecule has 0 radical (unpaired) electrons. The molecule has 0 bridgehead atoms. The molecule has 20 heavy (non-hydrogen) atoms. The summed E-state index contributed by atoms with van der Waals surface area (Å²) in [4.78, 5) is -0.658. The molecule has 0 amide bonds. The maximum atomic E-state index is 11.2. The first-order valence-corrected chi connectivity index (χ1v) is 8.45. The smallest absolute Gasteiger partial charge is 0.197 e. The lowest BCUT2D eigenvalue weighted by Crippen LogP contribution is -2.26. The number of para-hydroxylation sites is 1. The summed E-state index contributed by atoms with van der Waals surface area (Å²) in [6.07, 6.45) is 0. The predicted octanol–water partition coefficient (Wildman–Crippen LogP) is 3.84. The third-order valence-electron chi connectivity index (χ3n) is 2.03. The maximum Gasteiger partial charge on any atom is 0.197 e. The van der Waals surface area contributed by atoms with Gasteiger partial charge in [-0.1, -0.05) is 47.1 Å². The summed E-state index contributed by atoms with van der Waals surface area (Å²) in [5, 5.41) is 8.69. The molecule has 0 saturated carbocycles. The zero-order chi connectivity index (χ0) is 15.3. The largest absolute Gasteiger partial charge is 0.755 e. The third-order valence-corrected chi connectivity index (χ3v) is 6.05. The van der Waals surface area contributed by atoms with Crippen LogP contribution in [0.1, 0.15) is 0 Å². The predicted molar refractivity (Wildman–Crippen MR) is 84.1 cm³/mol. The van der Waals surface area contributed by atoms with Crippen molar-refractivity contribution >= 4 is 75.1 Å². The molecule has 0 N–H and O–H groups in total. The highest BCUT2D eigenvalue weighted by Gasteiger charge is 2.34. The van der Waals surface area contributed by atoms with Gasteiger partial charge in [-0.3, -0.25) is 8.51 Å². The highest BCUT2D eigenvalue weighted by Crippen LogP contribution is 2.48. The molecular formula is C10H7Cl4N2O2S2-. The zero-order valence-corrected chi connectivity index (χ0v) is 14.3. The fraction of sp³-hybridized carbons (Fsp3) is 0.300. The van der Waals surface area contributed by atoms with Crippen LogP contribution in [0.2, 0.25) is 0 Å². The van der Waals surface area contributed by atoms with E-state index >= 15 is 0 Å². The molecule has 10 heteroatoms. The van der Waals surface area contributed by atoms with E-state index in [-0.39, 0.29) is 12.2 Å². The molecule has 0 saturated heterocycles. The van der Waals surface area contributed by atoms with E-state index < -0.39 is 19.8 Å². The van der Waals surface area contributed by atoms with Crippen LogP contribution in [0.4, 0.5) is 5.69 Å². The van der Waals surface area contributed by atoms with Crippen molar-refractivity contribution < 1.29 is 8.76 Å². The van der Waals surface area contributed by atoms with Crippen LogP contribution >= 0.6 is 58.2 Å². The summed E-state index contributed by atoms with van der Waals surface area (Å²) in [5.41, 5.74) is 0.270. The molecule has 1 atom stereocenters. The Labute approximate surface area is 143 Å². The summed E-state index contributed by atoms with van der Waals surface area (Å²) in [6.45, 7) is -0.337. The Hall–Kier alpha value is 0.130. The van der Waals surface area contributed by atoms with E-state index in [2.05, 4.69) is 0 Å². The van der Waals surface area contributed by atoms with Gasteiger partial charge in [0.1, 0.15) is 11.4 Å². The van der Waals surface area contributed by atoms with Crippen LogP contribution in [0.25, 0.3) is 0 Å². The van der Waals surface area contributed by atoms with E-state index in [9.17, 15) is 8.76 Å². The van der Waals surface area contributed by atoms with Gasteiger partial charge in [0.15, 0.2) is 3.67 Å². The molecular weight excluding hydrogens is 386 g/mol.